The van der Waals surface area contributed by atoms with Gasteiger partial charge in [0, 0.05) is 10.6 Å². The number of hydrogen-bond donors (Lipinski definition) is 2. The van der Waals surface area contributed by atoms with E-state index < -0.39 is 5.97 Å². The number of rotatable bonds is 5. The summed E-state index contributed by atoms with van der Waals surface area (Å²) in [4.78, 5) is 25.0. The third-order valence-corrected chi connectivity index (χ3v) is 4.08. The molecule has 0 radical (unpaired) electrons. The third kappa shape index (κ3) is 4.08. The van der Waals surface area contributed by atoms with Crippen LogP contribution in [0.1, 0.15) is 29.1 Å². The van der Waals surface area contributed by atoms with Crippen molar-refractivity contribution in [3.8, 4) is 0 Å². The Morgan fingerprint density at radius 1 is 1.14 bits per heavy atom. The van der Waals surface area contributed by atoms with Gasteiger partial charge in [-0.3, -0.25) is 5.32 Å². The van der Waals surface area contributed by atoms with Crippen LogP contribution >= 0.6 is 11.3 Å². The lowest BCUT2D eigenvalue weighted by Gasteiger charge is -2.07. The fourth-order valence-corrected chi connectivity index (χ4v) is 2.84. The van der Waals surface area contributed by atoms with Gasteiger partial charge in [-0.05, 0) is 31.5 Å². The lowest BCUT2D eigenvalue weighted by molar-refractivity contribution is 0.0528. The highest BCUT2D eigenvalue weighted by Gasteiger charge is 2.18. The molecule has 22 heavy (non-hydrogen) atoms. The first-order valence-electron chi connectivity index (χ1n) is 7.07. The molecule has 0 aliphatic carbocycles. The summed E-state index contributed by atoms with van der Waals surface area (Å²) >= 11 is 1.38. The zero-order chi connectivity index (χ0) is 15.9. The zero-order valence-electron chi connectivity index (χ0n) is 12.5. The molecule has 0 fully saturated rings. The second-order valence-corrected chi connectivity index (χ2v) is 5.61. The first kappa shape index (κ1) is 16.0. The molecular formula is C16H18N2O3S. The Hall–Kier alpha value is -2.34. The van der Waals surface area contributed by atoms with Crippen molar-refractivity contribution in [3.05, 3.63) is 46.8 Å². The van der Waals surface area contributed by atoms with Crippen LogP contribution in [0.15, 0.2) is 36.4 Å². The number of carbonyl (C=O) groups excluding carboxylic acids is 2. The highest BCUT2D eigenvalue weighted by atomic mass is 32.1. The lowest BCUT2D eigenvalue weighted by Crippen LogP contribution is -2.20. The van der Waals surface area contributed by atoms with Crippen LogP contribution in [0.3, 0.4) is 0 Å². The van der Waals surface area contributed by atoms with E-state index in [0.717, 1.165) is 11.3 Å². The average Bonchev–Trinajstić information content (AvgIpc) is 2.91. The van der Waals surface area contributed by atoms with Crippen molar-refractivity contribution in [3.63, 3.8) is 0 Å². The van der Waals surface area contributed by atoms with Crippen molar-refractivity contribution in [1.82, 2.24) is 0 Å². The number of aryl methyl sites for hydroxylation is 1. The SMILES string of the molecule is CCOC(=O)c1cc(CC)sc1NC(=O)Nc1ccccc1. The van der Waals surface area contributed by atoms with Gasteiger partial charge >= 0.3 is 12.0 Å². The summed E-state index contributed by atoms with van der Waals surface area (Å²) in [6, 6.07) is 10.5. The van der Waals surface area contributed by atoms with Crippen LogP contribution < -0.4 is 10.6 Å². The number of thiophene rings is 1. The number of benzene rings is 1. The molecule has 5 nitrogen and oxygen atoms in total. The largest absolute Gasteiger partial charge is 0.462 e. The number of ether oxygens (including phenoxy) is 1. The van der Waals surface area contributed by atoms with E-state index in [1.165, 1.54) is 11.3 Å². The van der Waals surface area contributed by atoms with Gasteiger partial charge < -0.3 is 10.1 Å². The molecular weight excluding hydrogens is 300 g/mol. The minimum absolute atomic E-state index is 0.297. The van der Waals surface area contributed by atoms with Crippen LogP contribution in [-0.4, -0.2) is 18.6 Å². The van der Waals surface area contributed by atoms with Gasteiger partial charge in [0.15, 0.2) is 0 Å². The summed E-state index contributed by atoms with van der Waals surface area (Å²) in [5, 5.41) is 5.94. The summed E-state index contributed by atoms with van der Waals surface area (Å²) in [7, 11) is 0. The van der Waals surface area contributed by atoms with Crippen LogP contribution in [0.4, 0.5) is 15.5 Å². The normalized spacial score (nSPS) is 10.1. The summed E-state index contributed by atoms with van der Waals surface area (Å²) in [6.45, 7) is 4.04. The Labute approximate surface area is 133 Å². The van der Waals surface area contributed by atoms with E-state index in [-0.39, 0.29) is 6.03 Å². The van der Waals surface area contributed by atoms with Crippen molar-refractivity contribution >= 4 is 34.0 Å². The van der Waals surface area contributed by atoms with Gasteiger partial charge in [-0.25, -0.2) is 9.59 Å². The Balaban J connectivity index is 2.12. The second kappa shape index (κ2) is 7.61. The van der Waals surface area contributed by atoms with E-state index in [2.05, 4.69) is 10.6 Å². The smallest absolute Gasteiger partial charge is 0.341 e. The van der Waals surface area contributed by atoms with Crippen LogP contribution in [0.25, 0.3) is 0 Å². The minimum Gasteiger partial charge on any atom is -0.462 e. The average molecular weight is 318 g/mol. The van der Waals surface area contributed by atoms with Crippen LogP contribution in [0.5, 0.6) is 0 Å². The van der Waals surface area contributed by atoms with Crippen molar-refractivity contribution < 1.29 is 14.3 Å². The van der Waals surface area contributed by atoms with Gasteiger partial charge in [0.25, 0.3) is 0 Å². The van der Waals surface area contributed by atoms with Gasteiger partial charge in [-0.1, -0.05) is 25.1 Å². The topological polar surface area (TPSA) is 67.4 Å². The standard InChI is InChI=1S/C16H18N2O3S/c1-3-12-10-13(15(19)21-4-2)14(22-12)18-16(20)17-11-8-6-5-7-9-11/h5-10H,3-4H2,1-2H3,(H2,17,18,20). The predicted molar refractivity (Wildman–Crippen MR) is 88.7 cm³/mol. The maximum atomic E-state index is 12.0. The Bertz CT molecular complexity index is 653. The molecule has 0 aliphatic rings. The van der Waals surface area contributed by atoms with Crippen molar-refractivity contribution in [2.45, 2.75) is 20.3 Å². The number of anilines is 2. The number of para-hydroxylation sites is 1. The monoisotopic (exact) mass is 318 g/mol. The number of urea groups is 1. The number of esters is 1. The van der Waals surface area contributed by atoms with Gasteiger partial charge in [-0.2, -0.15) is 0 Å². The molecule has 0 spiro atoms. The molecule has 0 saturated heterocycles. The molecule has 1 heterocycles. The molecule has 2 rings (SSSR count). The van der Waals surface area contributed by atoms with Crippen LogP contribution in [0.2, 0.25) is 0 Å². The Kier molecular flexibility index (Phi) is 5.55. The van der Waals surface area contributed by atoms with Crippen LogP contribution in [0, 0.1) is 0 Å². The van der Waals surface area contributed by atoms with E-state index in [0.29, 0.717) is 22.9 Å². The molecule has 1 aromatic heterocycles. The fraction of sp³-hybridized carbons (Fsp3) is 0.250. The molecule has 0 unspecified atom stereocenters. The second-order valence-electron chi connectivity index (χ2n) is 4.47. The van der Waals surface area contributed by atoms with Gasteiger partial charge in [0.1, 0.15) is 5.00 Å². The maximum absolute atomic E-state index is 12.0. The number of amides is 2. The molecule has 0 atom stereocenters. The highest BCUT2D eigenvalue weighted by Crippen LogP contribution is 2.29. The molecule has 2 amide bonds. The number of hydrogen-bond acceptors (Lipinski definition) is 4. The van der Waals surface area contributed by atoms with E-state index in [4.69, 9.17) is 4.74 Å². The van der Waals surface area contributed by atoms with E-state index in [9.17, 15) is 9.59 Å². The molecule has 2 aromatic rings. The molecule has 0 saturated carbocycles. The van der Waals surface area contributed by atoms with E-state index >= 15 is 0 Å². The number of nitrogens with one attached hydrogen (secondary N) is 2. The molecule has 0 aliphatic heterocycles. The summed E-state index contributed by atoms with van der Waals surface area (Å²) in [5.74, 6) is -0.423. The van der Waals surface area contributed by atoms with Crippen LogP contribution in [-0.2, 0) is 11.2 Å². The third-order valence-electron chi connectivity index (χ3n) is 2.89. The zero-order valence-corrected chi connectivity index (χ0v) is 13.3. The predicted octanol–water partition coefficient (Wildman–Crippen LogP) is 4.13. The molecule has 6 heteroatoms. The molecule has 2 N–H and O–H groups in total. The van der Waals surface area contributed by atoms with E-state index in [1.807, 2.05) is 25.1 Å². The lowest BCUT2D eigenvalue weighted by atomic mass is 10.2. The van der Waals surface area contributed by atoms with Gasteiger partial charge in [0.05, 0.1) is 12.2 Å². The quantitative estimate of drug-likeness (QED) is 0.814. The Morgan fingerprint density at radius 3 is 2.50 bits per heavy atom. The van der Waals surface area contributed by atoms with Gasteiger partial charge in [0.2, 0.25) is 0 Å². The highest BCUT2D eigenvalue weighted by molar-refractivity contribution is 7.16. The van der Waals surface area contributed by atoms with Gasteiger partial charge in [-0.15, -0.1) is 11.3 Å². The summed E-state index contributed by atoms with van der Waals surface area (Å²) < 4.78 is 5.02. The molecule has 1 aromatic carbocycles. The van der Waals surface area contributed by atoms with Crippen molar-refractivity contribution in [2.75, 3.05) is 17.2 Å². The summed E-state index contributed by atoms with van der Waals surface area (Å²) in [5.41, 5.74) is 1.08. The van der Waals surface area contributed by atoms with Crippen molar-refractivity contribution in [1.29, 1.82) is 0 Å². The fourth-order valence-electron chi connectivity index (χ4n) is 1.86. The van der Waals surface area contributed by atoms with Crippen molar-refractivity contribution in [2.24, 2.45) is 0 Å². The Morgan fingerprint density at radius 2 is 1.86 bits per heavy atom. The first-order valence-corrected chi connectivity index (χ1v) is 7.88. The molecule has 116 valence electrons. The first-order chi connectivity index (χ1) is 10.6. The minimum atomic E-state index is -0.423. The number of carbonyl (C=O) groups is 2. The van der Waals surface area contributed by atoms with E-state index in [1.54, 1.807) is 25.1 Å². The maximum Gasteiger partial charge on any atom is 0.341 e. The summed E-state index contributed by atoms with van der Waals surface area (Å²) in [6.07, 6.45) is 0.791. The molecule has 0 bridgehead atoms.